The fourth-order valence-corrected chi connectivity index (χ4v) is 2.48. The van der Waals surface area contributed by atoms with Crippen LogP contribution in [0.2, 0.25) is 10.0 Å². The van der Waals surface area contributed by atoms with Crippen LogP contribution in [0, 0.1) is 0 Å². The van der Waals surface area contributed by atoms with Gasteiger partial charge < -0.3 is 15.4 Å². The van der Waals surface area contributed by atoms with E-state index < -0.39 is 11.8 Å². The van der Waals surface area contributed by atoms with E-state index in [-0.39, 0.29) is 12.5 Å². The van der Waals surface area contributed by atoms with E-state index in [1.165, 1.54) is 6.07 Å². The maximum absolute atomic E-state index is 12.0. The highest BCUT2D eigenvalue weighted by atomic mass is 35.5. The molecule has 0 aliphatic carbocycles. The number of hydrogen-bond acceptors (Lipinski definition) is 3. The highest BCUT2D eigenvalue weighted by Crippen LogP contribution is 2.25. The number of nitrogens with one attached hydrogen (secondary N) is 2. The molecule has 2 aromatic rings. The first-order valence-corrected chi connectivity index (χ1v) is 8.40. The Labute approximate surface area is 156 Å². The average molecular weight is 381 g/mol. The minimum absolute atomic E-state index is 0.0730. The molecule has 0 aliphatic rings. The molecule has 25 heavy (non-hydrogen) atoms. The third-order valence-corrected chi connectivity index (χ3v) is 3.58. The van der Waals surface area contributed by atoms with E-state index in [4.69, 9.17) is 27.9 Å². The van der Waals surface area contributed by atoms with E-state index in [0.717, 1.165) is 0 Å². The van der Waals surface area contributed by atoms with Crippen LogP contribution in [0.25, 0.3) is 0 Å². The molecule has 0 heterocycles. The third kappa shape index (κ3) is 6.29. The molecule has 7 heteroatoms. The van der Waals surface area contributed by atoms with Gasteiger partial charge in [0.05, 0.1) is 16.8 Å². The average Bonchev–Trinajstić information content (AvgIpc) is 2.51. The number of rotatable bonds is 6. The monoisotopic (exact) mass is 380 g/mol. The zero-order valence-corrected chi connectivity index (χ0v) is 15.3. The van der Waals surface area contributed by atoms with Crippen molar-refractivity contribution in [1.82, 2.24) is 0 Å². The van der Waals surface area contributed by atoms with Gasteiger partial charge in [-0.05, 0) is 56.3 Å². The van der Waals surface area contributed by atoms with Crippen molar-refractivity contribution in [2.45, 2.75) is 26.4 Å². The lowest BCUT2D eigenvalue weighted by molar-refractivity contribution is -0.123. The Morgan fingerprint density at radius 3 is 2.24 bits per heavy atom. The van der Waals surface area contributed by atoms with E-state index in [9.17, 15) is 9.59 Å². The van der Waals surface area contributed by atoms with Gasteiger partial charge in [0.25, 0.3) is 0 Å². The summed E-state index contributed by atoms with van der Waals surface area (Å²) in [4.78, 5) is 23.9. The van der Waals surface area contributed by atoms with Crippen LogP contribution >= 0.6 is 23.2 Å². The molecule has 0 aliphatic heterocycles. The van der Waals surface area contributed by atoms with Gasteiger partial charge in [-0.15, -0.1) is 0 Å². The van der Waals surface area contributed by atoms with E-state index in [0.29, 0.717) is 27.2 Å². The van der Waals surface area contributed by atoms with Crippen LogP contribution in [0.4, 0.5) is 11.4 Å². The van der Waals surface area contributed by atoms with Crippen molar-refractivity contribution in [1.29, 1.82) is 0 Å². The van der Waals surface area contributed by atoms with Crippen LogP contribution in [0.5, 0.6) is 5.75 Å². The van der Waals surface area contributed by atoms with Crippen molar-refractivity contribution in [2.24, 2.45) is 0 Å². The first-order chi connectivity index (χ1) is 11.8. The minimum atomic E-state index is -0.471. The summed E-state index contributed by atoms with van der Waals surface area (Å²) in [6.45, 7) is 3.86. The molecule has 0 saturated carbocycles. The van der Waals surface area contributed by atoms with Crippen LogP contribution in [0.15, 0.2) is 42.5 Å². The molecule has 0 fully saturated rings. The third-order valence-electron chi connectivity index (χ3n) is 3.04. The quantitative estimate of drug-likeness (QED) is 0.710. The first-order valence-electron chi connectivity index (χ1n) is 7.65. The van der Waals surface area contributed by atoms with Gasteiger partial charge in [0.15, 0.2) is 0 Å². The Bertz CT molecular complexity index is 761. The molecule has 0 bridgehead atoms. The summed E-state index contributed by atoms with van der Waals surface area (Å²) in [5, 5.41) is 6.00. The summed E-state index contributed by atoms with van der Waals surface area (Å²) in [5.41, 5.74) is 0.984. The summed E-state index contributed by atoms with van der Waals surface area (Å²) >= 11 is 11.8. The Morgan fingerprint density at radius 1 is 1.00 bits per heavy atom. The van der Waals surface area contributed by atoms with Gasteiger partial charge in [0.2, 0.25) is 11.8 Å². The second-order valence-corrected chi connectivity index (χ2v) is 6.43. The Morgan fingerprint density at radius 2 is 1.64 bits per heavy atom. The van der Waals surface area contributed by atoms with Gasteiger partial charge in [-0.1, -0.05) is 23.2 Å². The summed E-state index contributed by atoms with van der Waals surface area (Å²) in [7, 11) is 0. The maximum Gasteiger partial charge on any atom is 0.233 e. The van der Waals surface area contributed by atoms with Gasteiger partial charge in [0, 0.05) is 10.7 Å². The molecule has 2 N–H and O–H groups in total. The number of halogens is 2. The van der Waals surface area contributed by atoms with E-state index >= 15 is 0 Å². The van der Waals surface area contributed by atoms with Crippen LogP contribution in [0.3, 0.4) is 0 Å². The molecule has 0 spiro atoms. The zero-order chi connectivity index (χ0) is 18.4. The summed E-state index contributed by atoms with van der Waals surface area (Å²) in [6.07, 6.45) is -0.257. The lowest BCUT2D eigenvalue weighted by Crippen LogP contribution is -2.21. The molecular formula is C18H18Cl2N2O3. The smallest absolute Gasteiger partial charge is 0.233 e. The highest BCUT2D eigenvalue weighted by molar-refractivity contribution is 6.36. The molecule has 0 aromatic heterocycles. The maximum atomic E-state index is 12.0. The van der Waals surface area contributed by atoms with Crippen LogP contribution in [0.1, 0.15) is 20.3 Å². The largest absolute Gasteiger partial charge is 0.491 e. The minimum Gasteiger partial charge on any atom is -0.491 e. The lowest BCUT2D eigenvalue weighted by Gasteiger charge is -2.11. The topological polar surface area (TPSA) is 67.4 Å². The van der Waals surface area contributed by atoms with Crippen LogP contribution in [-0.2, 0) is 9.59 Å². The normalized spacial score (nSPS) is 10.4. The van der Waals surface area contributed by atoms with Gasteiger partial charge in [-0.25, -0.2) is 0 Å². The number of ether oxygens (including phenoxy) is 1. The number of carbonyl (C=O) groups is 2. The lowest BCUT2D eigenvalue weighted by atomic mass is 10.2. The molecular weight excluding hydrogens is 363 g/mol. The molecule has 132 valence electrons. The molecule has 0 atom stereocenters. The molecule has 0 unspecified atom stereocenters. The predicted molar refractivity (Wildman–Crippen MR) is 101 cm³/mol. The van der Waals surface area contributed by atoms with Crippen molar-refractivity contribution < 1.29 is 14.3 Å². The highest BCUT2D eigenvalue weighted by Gasteiger charge is 2.12. The molecule has 0 radical (unpaired) electrons. The fraction of sp³-hybridized carbons (Fsp3) is 0.222. The molecule has 2 aromatic carbocycles. The van der Waals surface area contributed by atoms with Gasteiger partial charge in [0.1, 0.15) is 12.2 Å². The standard InChI is InChI=1S/C18H18Cl2N2O3/c1-11(2)25-14-6-4-13(5-7-14)21-17(23)10-18(24)22-16-8-3-12(19)9-15(16)20/h3-9,11H,10H2,1-2H3,(H,21,23)(H,22,24). The summed E-state index contributed by atoms with van der Waals surface area (Å²) < 4.78 is 5.53. The Balaban J connectivity index is 1.87. The predicted octanol–water partition coefficient (Wildman–Crippen LogP) is 4.75. The Kier molecular flexibility index (Phi) is 6.67. The van der Waals surface area contributed by atoms with Crippen molar-refractivity contribution in [3.8, 4) is 5.75 Å². The number of carbonyl (C=O) groups excluding carboxylic acids is 2. The van der Waals surface area contributed by atoms with Gasteiger partial charge >= 0.3 is 0 Å². The van der Waals surface area contributed by atoms with E-state index in [2.05, 4.69) is 10.6 Å². The van der Waals surface area contributed by atoms with E-state index in [1.54, 1.807) is 36.4 Å². The van der Waals surface area contributed by atoms with Crippen molar-refractivity contribution in [3.05, 3.63) is 52.5 Å². The first kappa shape index (κ1) is 19.1. The molecule has 2 amide bonds. The summed E-state index contributed by atoms with van der Waals surface area (Å²) in [5.74, 6) is -0.190. The van der Waals surface area contributed by atoms with E-state index in [1.807, 2.05) is 13.8 Å². The van der Waals surface area contributed by atoms with Gasteiger partial charge in [-0.3, -0.25) is 9.59 Å². The van der Waals surface area contributed by atoms with Crippen molar-refractivity contribution in [3.63, 3.8) is 0 Å². The number of amides is 2. The zero-order valence-electron chi connectivity index (χ0n) is 13.8. The number of anilines is 2. The molecule has 5 nitrogen and oxygen atoms in total. The van der Waals surface area contributed by atoms with Crippen LogP contribution in [-0.4, -0.2) is 17.9 Å². The second kappa shape index (κ2) is 8.74. The Hall–Kier alpha value is -2.24. The molecule has 0 saturated heterocycles. The second-order valence-electron chi connectivity index (χ2n) is 5.59. The number of benzene rings is 2. The fourth-order valence-electron chi connectivity index (χ4n) is 2.03. The molecule has 2 rings (SSSR count). The van der Waals surface area contributed by atoms with Gasteiger partial charge in [-0.2, -0.15) is 0 Å². The van der Waals surface area contributed by atoms with Crippen LogP contribution < -0.4 is 15.4 Å². The van der Waals surface area contributed by atoms with Crippen molar-refractivity contribution >= 4 is 46.4 Å². The SMILES string of the molecule is CC(C)Oc1ccc(NC(=O)CC(=O)Nc2ccc(Cl)cc2Cl)cc1. The summed E-state index contributed by atoms with van der Waals surface area (Å²) in [6, 6.07) is 11.6. The number of hydrogen-bond donors (Lipinski definition) is 2. The van der Waals surface area contributed by atoms with Crippen molar-refractivity contribution in [2.75, 3.05) is 10.6 Å².